The molecule has 2 N–H and O–H groups in total. The van der Waals surface area contributed by atoms with Crippen molar-refractivity contribution in [3.8, 4) is 0 Å². The number of primary amides is 1. The second-order valence-electron chi connectivity index (χ2n) is 5.68. The van der Waals surface area contributed by atoms with Gasteiger partial charge in [-0.25, -0.2) is 0 Å². The van der Waals surface area contributed by atoms with E-state index in [4.69, 9.17) is 5.73 Å². The van der Waals surface area contributed by atoms with E-state index in [1.54, 1.807) is 0 Å². The lowest BCUT2D eigenvalue weighted by atomic mass is 9.12. The van der Waals surface area contributed by atoms with Gasteiger partial charge in [-0.3, -0.25) is 9.59 Å². The Labute approximate surface area is 82.0 Å². The first-order chi connectivity index (χ1) is 6.63. The minimum absolute atomic E-state index is 0.255. The molecule has 4 aliphatic carbocycles. The monoisotopic (exact) mass is 191 g/mol. The summed E-state index contributed by atoms with van der Waals surface area (Å²) in [7, 11) is 0. The van der Waals surface area contributed by atoms with Gasteiger partial charge in [0, 0.05) is 5.41 Å². The SMILES string of the molecule is NC(=O)C(=O)C12CC3CC4CC(C1)C432. The van der Waals surface area contributed by atoms with Gasteiger partial charge in [-0.2, -0.15) is 0 Å². The molecule has 0 aromatic heterocycles. The van der Waals surface area contributed by atoms with E-state index in [2.05, 4.69) is 0 Å². The van der Waals surface area contributed by atoms with Crippen LogP contribution in [0.25, 0.3) is 0 Å². The molecule has 74 valence electrons. The fourth-order valence-corrected chi connectivity index (χ4v) is 5.55. The number of carbonyl (C=O) groups excluding carboxylic acids is 2. The Hall–Kier alpha value is -0.860. The molecule has 0 heterocycles. The molecule has 1 spiro atoms. The van der Waals surface area contributed by atoms with Crippen LogP contribution in [0.5, 0.6) is 0 Å². The Morgan fingerprint density at radius 3 is 2.00 bits per heavy atom. The van der Waals surface area contributed by atoms with E-state index >= 15 is 0 Å². The number of nitrogens with two attached hydrogens (primary N) is 1. The van der Waals surface area contributed by atoms with Crippen LogP contribution < -0.4 is 5.73 Å². The van der Waals surface area contributed by atoms with E-state index in [0.717, 1.165) is 30.6 Å². The number of rotatable bonds is 2. The molecule has 0 saturated heterocycles. The molecule has 4 aliphatic rings. The summed E-state index contributed by atoms with van der Waals surface area (Å²) >= 11 is 0. The van der Waals surface area contributed by atoms with Crippen molar-refractivity contribution in [2.45, 2.75) is 25.7 Å². The highest BCUT2D eigenvalue weighted by Crippen LogP contribution is 2.92. The predicted octanol–water partition coefficient (Wildman–Crippen LogP) is 0.477. The average molecular weight is 191 g/mol. The van der Waals surface area contributed by atoms with Crippen molar-refractivity contribution in [2.24, 2.45) is 34.3 Å². The minimum atomic E-state index is -0.700. The molecule has 3 nitrogen and oxygen atoms in total. The molecule has 0 bridgehead atoms. The quantitative estimate of drug-likeness (QED) is 0.645. The summed E-state index contributed by atoms with van der Waals surface area (Å²) in [5.41, 5.74) is 5.18. The maximum atomic E-state index is 11.8. The molecule has 2 unspecified atom stereocenters. The molecule has 2 atom stereocenters. The fraction of sp³-hybridized carbons (Fsp3) is 0.818. The van der Waals surface area contributed by atoms with Gasteiger partial charge in [-0.1, -0.05) is 0 Å². The van der Waals surface area contributed by atoms with E-state index in [1.807, 2.05) is 0 Å². The van der Waals surface area contributed by atoms with E-state index in [-0.39, 0.29) is 11.2 Å². The van der Waals surface area contributed by atoms with Crippen molar-refractivity contribution in [3.05, 3.63) is 0 Å². The summed E-state index contributed by atoms with van der Waals surface area (Å²) in [5, 5.41) is 0. The third kappa shape index (κ3) is 0.391. The van der Waals surface area contributed by atoms with Crippen molar-refractivity contribution in [1.82, 2.24) is 0 Å². The third-order valence-corrected chi connectivity index (χ3v) is 5.84. The van der Waals surface area contributed by atoms with Crippen LogP contribution in [0.1, 0.15) is 25.7 Å². The first-order valence-electron chi connectivity index (χ1n) is 5.47. The molecular formula is C11H13NO2. The Morgan fingerprint density at radius 1 is 1.07 bits per heavy atom. The maximum Gasteiger partial charge on any atom is 0.285 e. The van der Waals surface area contributed by atoms with Crippen LogP contribution in [0.4, 0.5) is 0 Å². The van der Waals surface area contributed by atoms with Gasteiger partial charge in [0.1, 0.15) is 0 Å². The van der Waals surface area contributed by atoms with Gasteiger partial charge in [0.2, 0.25) is 5.78 Å². The minimum Gasteiger partial charge on any atom is -0.363 e. The second kappa shape index (κ2) is 1.66. The van der Waals surface area contributed by atoms with Gasteiger partial charge in [0.15, 0.2) is 0 Å². The number of amides is 1. The van der Waals surface area contributed by atoms with Gasteiger partial charge < -0.3 is 5.73 Å². The molecule has 1 amide bonds. The van der Waals surface area contributed by atoms with Crippen LogP contribution in [0, 0.1) is 28.6 Å². The third-order valence-electron chi connectivity index (χ3n) is 5.84. The number of hydrogen-bond acceptors (Lipinski definition) is 2. The van der Waals surface area contributed by atoms with Crippen LogP contribution in [0.3, 0.4) is 0 Å². The van der Waals surface area contributed by atoms with Crippen molar-refractivity contribution < 1.29 is 9.59 Å². The molecule has 4 fully saturated rings. The molecule has 3 heteroatoms. The molecule has 4 saturated carbocycles. The number of Topliss-reactive ketones (excluding diaryl/α,β-unsaturated/α-hetero) is 1. The largest absolute Gasteiger partial charge is 0.363 e. The Kier molecular flexibility index (Phi) is 0.881. The summed E-state index contributed by atoms with van der Waals surface area (Å²) in [6.45, 7) is 0. The predicted molar refractivity (Wildman–Crippen MR) is 48.0 cm³/mol. The molecule has 14 heavy (non-hydrogen) atoms. The number of hydrogen-bond donors (Lipinski definition) is 1. The molecular weight excluding hydrogens is 178 g/mol. The van der Waals surface area contributed by atoms with E-state index in [0.29, 0.717) is 5.41 Å². The molecule has 4 rings (SSSR count). The molecule has 0 radical (unpaired) electrons. The summed E-state index contributed by atoms with van der Waals surface area (Å²) in [5.74, 6) is 1.35. The van der Waals surface area contributed by atoms with E-state index in [9.17, 15) is 9.59 Å². The van der Waals surface area contributed by atoms with Gasteiger partial charge >= 0.3 is 0 Å². The summed E-state index contributed by atoms with van der Waals surface area (Å²) in [4.78, 5) is 22.8. The lowest BCUT2D eigenvalue weighted by molar-refractivity contribution is -0.411. The van der Waals surface area contributed by atoms with E-state index in [1.165, 1.54) is 12.8 Å². The highest BCUT2D eigenvalue weighted by atomic mass is 16.2. The zero-order valence-corrected chi connectivity index (χ0v) is 7.95. The first kappa shape index (κ1) is 7.43. The van der Waals surface area contributed by atoms with Crippen LogP contribution in [0.15, 0.2) is 0 Å². The topological polar surface area (TPSA) is 60.2 Å². The van der Waals surface area contributed by atoms with Gasteiger partial charge in [0.25, 0.3) is 5.91 Å². The van der Waals surface area contributed by atoms with Crippen LogP contribution in [-0.2, 0) is 9.59 Å². The Bertz CT molecular complexity index is 361. The van der Waals surface area contributed by atoms with Crippen molar-refractivity contribution in [1.29, 1.82) is 0 Å². The summed E-state index contributed by atoms with van der Waals surface area (Å²) in [6.07, 6.45) is 4.54. The Balaban J connectivity index is 1.75. The zero-order chi connectivity index (χ0) is 9.72. The summed E-state index contributed by atoms with van der Waals surface area (Å²) in [6, 6.07) is 0. The van der Waals surface area contributed by atoms with Crippen LogP contribution in [-0.4, -0.2) is 11.7 Å². The van der Waals surface area contributed by atoms with Crippen LogP contribution in [0.2, 0.25) is 0 Å². The molecule has 0 aromatic carbocycles. The van der Waals surface area contributed by atoms with Crippen LogP contribution >= 0.6 is 0 Å². The standard InChI is InChI=1S/C11H13NO2/c12-9(14)8(13)10-3-6-1-5-2-7(4-10)11(5,6)10/h5-7H,1-4H2,(H2,12,14). The highest BCUT2D eigenvalue weighted by molar-refractivity contribution is 6.38. The van der Waals surface area contributed by atoms with Gasteiger partial charge in [-0.05, 0) is 48.9 Å². The zero-order valence-electron chi connectivity index (χ0n) is 7.95. The summed E-state index contributed by atoms with van der Waals surface area (Å²) < 4.78 is 0. The van der Waals surface area contributed by atoms with Gasteiger partial charge in [-0.15, -0.1) is 0 Å². The normalized spacial score (nSPS) is 60.4. The van der Waals surface area contributed by atoms with Crippen molar-refractivity contribution in [2.75, 3.05) is 0 Å². The van der Waals surface area contributed by atoms with Crippen molar-refractivity contribution in [3.63, 3.8) is 0 Å². The average Bonchev–Trinajstić information content (AvgIpc) is 1.98. The molecule has 0 aromatic rings. The van der Waals surface area contributed by atoms with Crippen molar-refractivity contribution >= 4 is 11.7 Å². The highest BCUT2D eigenvalue weighted by Gasteiger charge is 2.89. The molecule has 0 aliphatic heterocycles. The number of ketones is 1. The van der Waals surface area contributed by atoms with Gasteiger partial charge in [0.05, 0.1) is 0 Å². The number of carbonyl (C=O) groups is 2. The van der Waals surface area contributed by atoms with E-state index < -0.39 is 5.91 Å². The first-order valence-corrected chi connectivity index (χ1v) is 5.47. The lowest BCUT2D eigenvalue weighted by Crippen LogP contribution is -2.87. The fourth-order valence-electron chi connectivity index (χ4n) is 5.55. The smallest absolute Gasteiger partial charge is 0.285 e. The second-order valence-corrected chi connectivity index (χ2v) is 5.68. The maximum absolute atomic E-state index is 11.8. The Morgan fingerprint density at radius 2 is 1.64 bits per heavy atom. The lowest BCUT2D eigenvalue weighted by Gasteiger charge is -2.90.